The van der Waals surface area contributed by atoms with Gasteiger partial charge in [-0.2, -0.15) is 0 Å². The molecule has 0 radical (unpaired) electrons. The Morgan fingerprint density at radius 3 is 2.48 bits per heavy atom. The third-order valence-corrected chi connectivity index (χ3v) is 4.34. The zero-order chi connectivity index (χ0) is 16.0. The summed E-state index contributed by atoms with van der Waals surface area (Å²) in [5.41, 5.74) is 0. The van der Waals surface area contributed by atoms with Crippen molar-refractivity contribution < 1.29 is 19.4 Å². The number of rotatable bonds is 8. The predicted molar refractivity (Wildman–Crippen MR) is 80.9 cm³/mol. The van der Waals surface area contributed by atoms with Crippen LogP contribution in [0.4, 0.5) is 0 Å². The number of nitrogens with one attached hydrogen (secondary N) is 1. The van der Waals surface area contributed by atoms with E-state index in [1.807, 2.05) is 0 Å². The highest BCUT2D eigenvalue weighted by atomic mass is 16.5. The second-order valence-electron chi connectivity index (χ2n) is 5.79. The van der Waals surface area contributed by atoms with E-state index in [0.717, 1.165) is 19.3 Å². The van der Waals surface area contributed by atoms with Crippen molar-refractivity contribution in [3.8, 4) is 0 Å². The molecule has 2 N–H and O–H groups in total. The quantitative estimate of drug-likeness (QED) is 0.674. The summed E-state index contributed by atoms with van der Waals surface area (Å²) in [7, 11) is 0. The Kier molecular flexibility index (Phi) is 6.89. The fraction of sp³-hybridized carbons (Fsp3) is 0.750. The van der Waals surface area contributed by atoms with Gasteiger partial charge in [0.15, 0.2) is 6.10 Å². The first-order chi connectivity index (χ1) is 9.92. The molecule has 0 aromatic rings. The summed E-state index contributed by atoms with van der Waals surface area (Å²) in [6, 6.07) is -0.167. The SMILES string of the molecule is C=C[C@@H]1C[C@H](C(=O)O)O[C@H]1[C@H](CC(CC)CC)NC(C)=O. The predicted octanol–water partition coefficient (Wildman–Crippen LogP) is 2.36. The first-order valence-electron chi connectivity index (χ1n) is 7.70. The van der Waals surface area contributed by atoms with Crippen LogP contribution in [0.25, 0.3) is 0 Å². The Hall–Kier alpha value is -1.36. The van der Waals surface area contributed by atoms with Gasteiger partial charge in [0.25, 0.3) is 0 Å². The minimum Gasteiger partial charge on any atom is -0.479 e. The van der Waals surface area contributed by atoms with E-state index in [9.17, 15) is 9.59 Å². The number of hydrogen-bond acceptors (Lipinski definition) is 3. The lowest BCUT2D eigenvalue weighted by atomic mass is 9.87. The fourth-order valence-corrected chi connectivity index (χ4v) is 3.03. The zero-order valence-electron chi connectivity index (χ0n) is 13.2. The largest absolute Gasteiger partial charge is 0.479 e. The number of ether oxygens (including phenoxy) is 1. The van der Waals surface area contributed by atoms with Crippen LogP contribution in [-0.2, 0) is 14.3 Å². The summed E-state index contributed by atoms with van der Waals surface area (Å²) in [4.78, 5) is 22.6. The molecule has 1 rings (SSSR count). The molecule has 5 nitrogen and oxygen atoms in total. The van der Waals surface area contributed by atoms with Crippen molar-refractivity contribution in [3.63, 3.8) is 0 Å². The van der Waals surface area contributed by atoms with Gasteiger partial charge < -0.3 is 15.2 Å². The average molecular weight is 297 g/mol. The van der Waals surface area contributed by atoms with Crippen LogP contribution in [0.3, 0.4) is 0 Å². The van der Waals surface area contributed by atoms with Crippen LogP contribution < -0.4 is 5.32 Å². The van der Waals surface area contributed by atoms with E-state index in [0.29, 0.717) is 12.3 Å². The van der Waals surface area contributed by atoms with Crippen molar-refractivity contribution in [2.45, 2.75) is 64.7 Å². The van der Waals surface area contributed by atoms with E-state index in [-0.39, 0.29) is 24.0 Å². The summed E-state index contributed by atoms with van der Waals surface area (Å²) in [6.45, 7) is 9.51. The minimum absolute atomic E-state index is 0.0442. The van der Waals surface area contributed by atoms with E-state index >= 15 is 0 Å². The average Bonchev–Trinajstić information content (AvgIpc) is 2.87. The Labute approximate surface area is 126 Å². The lowest BCUT2D eigenvalue weighted by Gasteiger charge is -2.30. The lowest BCUT2D eigenvalue weighted by molar-refractivity contribution is -0.150. The van der Waals surface area contributed by atoms with Gasteiger partial charge in [0.2, 0.25) is 5.91 Å². The molecule has 1 amide bonds. The molecule has 1 aliphatic rings. The standard InChI is InChI=1S/C16H27NO4/c1-5-11(6-2)8-13(17-10(4)18)15-12(7-3)9-14(21-15)16(19)20/h7,11-15H,3,5-6,8-9H2,1-2,4H3,(H,17,18)(H,19,20)/t12-,13+,14-,15-/m1/s1. The van der Waals surface area contributed by atoms with E-state index in [1.54, 1.807) is 6.08 Å². The first-order valence-corrected chi connectivity index (χ1v) is 7.70. The Morgan fingerprint density at radius 1 is 1.43 bits per heavy atom. The molecule has 1 heterocycles. The molecular formula is C16H27NO4. The van der Waals surface area contributed by atoms with Crippen molar-refractivity contribution in [2.75, 3.05) is 0 Å². The van der Waals surface area contributed by atoms with Gasteiger partial charge >= 0.3 is 5.97 Å². The molecule has 0 aliphatic carbocycles. The molecule has 0 aromatic heterocycles. The monoisotopic (exact) mass is 297 g/mol. The molecule has 1 fully saturated rings. The molecule has 0 aromatic carbocycles. The summed E-state index contributed by atoms with van der Waals surface area (Å²) in [5, 5.41) is 12.1. The molecule has 120 valence electrons. The summed E-state index contributed by atoms with van der Waals surface area (Å²) in [5.74, 6) is -0.623. The lowest BCUT2D eigenvalue weighted by Crippen LogP contribution is -2.46. The number of aliphatic carboxylic acids is 1. The van der Waals surface area contributed by atoms with Gasteiger partial charge in [-0.05, 0) is 18.8 Å². The Morgan fingerprint density at radius 2 is 2.05 bits per heavy atom. The third kappa shape index (κ3) is 4.84. The zero-order valence-corrected chi connectivity index (χ0v) is 13.2. The van der Waals surface area contributed by atoms with Crippen LogP contribution in [0, 0.1) is 11.8 Å². The molecule has 0 unspecified atom stereocenters. The highest BCUT2D eigenvalue weighted by Gasteiger charge is 2.42. The van der Waals surface area contributed by atoms with Gasteiger partial charge in [-0.1, -0.05) is 32.8 Å². The number of carbonyl (C=O) groups is 2. The number of hydrogen-bond donors (Lipinski definition) is 2. The number of amides is 1. The van der Waals surface area contributed by atoms with Gasteiger partial charge in [0.1, 0.15) is 0 Å². The Balaban J connectivity index is 2.87. The number of carboxylic acid groups (broad SMARTS) is 1. The summed E-state index contributed by atoms with van der Waals surface area (Å²) in [6.07, 6.45) is 3.90. The van der Waals surface area contributed by atoms with Gasteiger partial charge in [0, 0.05) is 12.8 Å². The van der Waals surface area contributed by atoms with Crippen molar-refractivity contribution in [1.29, 1.82) is 0 Å². The minimum atomic E-state index is -0.951. The molecule has 1 saturated heterocycles. The van der Waals surface area contributed by atoms with Crippen LogP contribution in [-0.4, -0.2) is 35.2 Å². The van der Waals surface area contributed by atoms with Crippen molar-refractivity contribution in [1.82, 2.24) is 5.32 Å². The highest BCUT2D eigenvalue weighted by Crippen LogP contribution is 2.32. The second kappa shape index (κ2) is 8.17. The maximum absolute atomic E-state index is 11.5. The fourth-order valence-electron chi connectivity index (χ4n) is 3.03. The third-order valence-electron chi connectivity index (χ3n) is 4.34. The number of carboxylic acids is 1. The van der Waals surface area contributed by atoms with E-state index in [1.165, 1.54) is 6.92 Å². The molecular weight excluding hydrogens is 270 g/mol. The normalized spacial score (nSPS) is 26.6. The van der Waals surface area contributed by atoms with Crippen LogP contribution in [0.5, 0.6) is 0 Å². The first kappa shape index (κ1) is 17.7. The van der Waals surface area contributed by atoms with Gasteiger partial charge in [-0.25, -0.2) is 4.79 Å². The van der Waals surface area contributed by atoms with Crippen molar-refractivity contribution in [3.05, 3.63) is 12.7 Å². The summed E-state index contributed by atoms with van der Waals surface area (Å²) >= 11 is 0. The molecule has 4 atom stereocenters. The van der Waals surface area contributed by atoms with Crippen LogP contribution in [0.15, 0.2) is 12.7 Å². The maximum Gasteiger partial charge on any atom is 0.332 e. The summed E-state index contributed by atoms with van der Waals surface area (Å²) < 4.78 is 5.69. The van der Waals surface area contributed by atoms with Gasteiger partial charge in [0.05, 0.1) is 12.1 Å². The smallest absolute Gasteiger partial charge is 0.332 e. The van der Waals surface area contributed by atoms with E-state index in [4.69, 9.17) is 9.84 Å². The maximum atomic E-state index is 11.5. The van der Waals surface area contributed by atoms with E-state index < -0.39 is 12.1 Å². The van der Waals surface area contributed by atoms with Crippen LogP contribution in [0.1, 0.15) is 46.5 Å². The molecule has 5 heteroatoms. The Bertz CT molecular complexity index is 378. The molecule has 0 saturated carbocycles. The second-order valence-corrected chi connectivity index (χ2v) is 5.79. The molecule has 21 heavy (non-hydrogen) atoms. The molecule has 0 spiro atoms. The van der Waals surface area contributed by atoms with Crippen molar-refractivity contribution >= 4 is 11.9 Å². The topological polar surface area (TPSA) is 75.6 Å². The molecule has 1 aliphatic heterocycles. The van der Waals surface area contributed by atoms with Crippen LogP contribution >= 0.6 is 0 Å². The molecule has 0 bridgehead atoms. The number of carbonyl (C=O) groups excluding carboxylic acids is 1. The van der Waals surface area contributed by atoms with Gasteiger partial charge in [-0.3, -0.25) is 4.79 Å². The highest BCUT2D eigenvalue weighted by molar-refractivity contribution is 5.74. The van der Waals surface area contributed by atoms with Gasteiger partial charge in [-0.15, -0.1) is 6.58 Å². The van der Waals surface area contributed by atoms with E-state index in [2.05, 4.69) is 25.7 Å². The van der Waals surface area contributed by atoms with Crippen LogP contribution in [0.2, 0.25) is 0 Å². The van der Waals surface area contributed by atoms with Crippen molar-refractivity contribution in [2.24, 2.45) is 11.8 Å².